The number of benzene rings is 1. The van der Waals surface area contributed by atoms with E-state index in [1.54, 1.807) is 0 Å². The van der Waals surface area contributed by atoms with Crippen molar-refractivity contribution in [3.63, 3.8) is 0 Å². The number of likely N-dealkylation sites (tertiary alicyclic amines) is 1. The van der Waals surface area contributed by atoms with E-state index in [0.717, 1.165) is 37.4 Å². The normalized spacial score (nSPS) is 18.3. The molecule has 21 heavy (non-hydrogen) atoms. The minimum Gasteiger partial charge on any atom is -0.492 e. The lowest BCUT2D eigenvalue weighted by Gasteiger charge is -2.15. The lowest BCUT2D eigenvalue weighted by Crippen LogP contribution is -2.26. The van der Waals surface area contributed by atoms with Gasteiger partial charge in [0.1, 0.15) is 12.4 Å². The third kappa shape index (κ3) is 5.39. The van der Waals surface area contributed by atoms with E-state index in [9.17, 15) is 0 Å². The average molecular weight is 289 g/mol. The molecule has 0 aliphatic carbocycles. The Kier molecular flexibility index (Phi) is 6.55. The van der Waals surface area contributed by atoms with E-state index in [-0.39, 0.29) is 13.2 Å². The third-order valence-corrected chi connectivity index (χ3v) is 3.61. The molecule has 4 nitrogen and oxygen atoms in total. The Hall–Kier alpha value is -1.54. The smallest absolute Gasteiger partial charge is 0.120 e. The van der Waals surface area contributed by atoms with Gasteiger partial charge < -0.3 is 14.9 Å². The fraction of sp³-hybridized carbons (Fsp3) is 0.529. The zero-order valence-corrected chi connectivity index (χ0v) is 12.3. The van der Waals surface area contributed by atoms with Crippen molar-refractivity contribution in [3.8, 4) is 17.6 Å². The fourth-order valence-corrected chi connectivity index (χ4v) is 2.44. The van der Waals surface area contributed by atoms with Gasteiger partial charge in [0.05, 0.1) is 6.61 Å². The molecule has 1 aromatic rings. The Morgan fingerprint density at radius 1 is 1.33 bits per heavy atom. The van der Waals surface area contributed by atoms with E-state index >= 15 is 0 Å². The van der Waals surface area contributed by atoms with E-state index in [4.69, 9.17) is 14.9 Å². The Bertz CT molecular complexity index is 492. The highest BCUT2D eigenvalue weighted by Crippen LogP contribution is 2.16. The predicted molar refractivity (Wildman–Crippen MR) is 82.2 cm³/mol. The SMILES string of the molecule is OCCC#Cc1cccc(OCCN2CCC(CO)C2)c1. The summed E-state index contributed by atoms with van der Waals surface area (Å²) in [5.74, 6) is 7.15. The second-order valence-electron chi connectivity index (χ2n) is 5.29. The molecule has 1 atom stereocenters. The molecule has 1 saturated heterocycles. The molecule has 1 heterocycles. The summed E-state index contributed by atoms with van der Waals surface area (Å²) in [6.07, 6.45) is 1.57. The summed E-state index contributed by atoms with van der Waals surface area (Å²) in [5.41, 5.74) is 0.905. The first-order chi connectivity index (χ1) is 10.3. The minimum absolute atomic E-state index is 0.0911. The zero-order valence-electron chi connectivity index (χ0n) is 12.3. The van der Waals surface area contributed by atoms with Crippen LogP contribution in [0.1, 0.15) is 18.4 Å². The molecule has 0 bridgehead atoms. The van der Waals surface area contributed by atoms with Crippen LogP contribution in [0.5, 0.6) is 5.75 Å². The topological polar surface area (TPSA) is 52.9 Å². The molecular weight excluding hydrogens is 266 g/mol. The van der Waals surface area contributed by atoms with Gasteiger partial charge >= 0.3 is 0 Å². The highest BCUT2D eigenvalue weighted by molar-refractivity contribution is 5.39. The van der Waals surface area contributed by atoms with Crippen LogP contribution in [0.25, 0.3) is 0 Å². The second kappa shape index (κ2) is 8.68. The summed E-state index contributed by atoms with van der Waals surface area (Å²) in [6, 6.07) is 7.71. The standard InChI is InChI=1S/C17H23NO3/c19-10-2-1-4-15-5-3-6-17(12-15)21-11-9-18-8-7-16(13-18)14-20/h3,5-6,12,16,19-20H,2,7-11,13-14H2. The van der Waals surface area contributed by atoms with Crippen LogP contribution < -0.4 is 4.74 Å². The van der Waals surface area contributed by atoms with Crippen molar-refractivity contribution < 1.29 is 14.9 Å². The molecule has 1 aromatic carbocycles. The van der Waals surface area contributed by atoms with Crippen LogP contribution in [-0.4, -0.2) is 54.6 Å². The number of ether oxygens (including phenoxy) is 1. The zero-order chi connectivity index (χ0) is 14.9. The molecule has 0 saturated carbocycles. The predicted octanol–water partition coefficient (Wildman–Crippen LogP) is 1.11. The van der Waals surface area contributed by atoms with Crippen molar-refractivity contribution >= 4 is 0 Å². The monoisotopic (exact) mass is 289 g/mol. The molecular formula is C17H23NO3. The first-order valence-electron chi connectivity index (χ1n) is 7.47. The quantitative estimate of drug-likeness (QED) is 0.771. The summed E-state index contributed by atoms with van der Waals surface area (Å²) in [7, 11) is 0. The van der Waals surface area contributed by atoms with E-state index in [1.165, 1.54) is 0 Å². The van der Waals surface area contributed by atoms with Crippen LogP contribution >= 0.6 is 0 Å². The number of nitrogens with zero attached hydrogens (tertiary/aromatic N) is 1. The lowest BCUT2D eigenvalue weighted by atomic mass is 10.1. The van der Waals surface area contributed by atoms with E-state index in [1.807, 2.05) is 24.3 Å². The van der Waals surface area contributed by atoms with Gasteiger partial charge in [0, 0.05) is 31.7 Å². The van der Waals surface area contributed by atoms with Gasteiger partial charge in [0.2, 0.25) is 0 Å². The number of aliphatic hydroxyl groups is 2. The number of hydrogen-bond acceptors (Lipinski definition) is 4. The van der Waals surface area contributed by atoms with Crippen molar-refractivity contribution in [1.82, 2.24) is 4.90 Å². The first-order valence-corrected chi connectivity index (χ1v) is 7.47. The van der Waals surface area contributed by atoms with E-state index in [0.29, 0.717) is 18.9 Å². The van der Waals surface area contributed by atoms with Gasteiger partial charge in [-0.25, -0.2) is 0 Å². The van der Waals surface area contributed by atoms with Gasteiger partial charge in [-0.3, -0.25) is 4.90 Å². The van der Waals surface area contributed by atoms with Gasteiger partial charge in [-0.15, -0.1) is 0 Å². The van der Waals surface area contributed by atoms with Crippen LogP contribution in [0.2, 0.25) is 0 Å². The first kappa shape index (κ1) is 15.8. The van der Waals surface area contributed by atoms with E-state index in [2.05, 4.69) is 16.7 Å². The molecule has 0 aromatic heterocycles. The number of hydrogen-bond donors (Lipinski definition) is 2. The number of aliphatic hydroxyl groups excluding tert-OH is 2. The van der Waals surface area contributed by atoms with Crippen LogP contribution in [0.4, 0.5) is 0 Å². The van der Waals surface area contributed by atoms with Crippen molar-refractivity contribution in [2.75, 3.05) is 39.5 Å². The summed E-state index contributed by atoms with van der Waals surface area (Å²) in [4.78, 5) is 2.33. The lowest BCUT2D eigenvalue weighted by molar-refractivity contribution is 0.204. The molecule has 114 valence electrons. The highest BCUT2D eigenvalue weighted by Gasteiger charge is 2.20. The largest absolute Gasteiger partial charge is 0.492 e. The second-order valence-corrected chi connectivity index (χ2v) is 5.29. The molecule has 1 aliphatic rings. The van der Waals surface area contributed by atoms with Crippen molar-refractivity contribution in [2.24, 2.45) is 5.92 Å². The molecule has 0 radical (unpaired) electrons. The van der Waals surface area contributed by atoms with Crippen molar-refractivity contribution in [3.05, 3.63) is 29.8 Å². The van der Waals surface area contributed by atoms with Gasteiger partial charge in [-0.1, -0.05) is 17.9 Å². The molecule has 0 amide bonds. The summed E-state index contributed by atoms with van der Waals surface area (Å²) < 4.78 is 5.76. The Labute approximate surface area is 126 Å². The summed E-state index contributed by atoms with van der Waals surface area (Å²) in [6.45, 7) is 3.91. The molecule has 2 N–H and O–H groups in total. The maximum absolute atomic E-state index is 9.12. The van der Waals surface area contributed by atoms with Crippen LogP contribution in [0.15, 0.2) is 24.3 Å². The Morgan fingerprint density at radius 2 is 2.24 bits per heavy atom. The van der Waals surface area contributed by atoms with E-state index < -0.39 is 0 Å². The molecule has 0 spiro atoms. The Balaban J connectivity index is 1.76. The maximum atomic E-state index is 9.12. The number of rotatable bonds is 6. The minimum atomic E-state index is 0.0911. The van der Waals surface area contributed by atoms with Gasteiger partial charge in [0.25, 0.3) is 0 Å². The molecule has 1 unspecified atom stereocenters. The average Bonchev–Trinajstić information content (AvgIpc) is 2.96. The molecule has 4 heteroatoms. The fourth-order valence-electron chi connectivity index (χ4n) is 2.44. The highest BCUT2D eigenvalue weighted by atomic mass is 16.5. The van der Waals surface area contributed by atoms with Crippen LogP contribution in [0, 0.1) is 17.8 Å². The molecule has 2 rings (SSSR count). The van der Waals surface area contributed by atoms with Crippen LogP contribution in [-0.2, 0) is 0 Å². The van der Waals surface area contributed by atoms with Crippen molar-refractivity contribution in [1.29, 1.82) is 0 Å². The van der Waals surface area contributed by atoms with Gasteiger partial charge in [-0.05, 0) is 37.1 Å². The third-order valence-electron chi connectivity index (χ3n) is 3.61. The van der Waals surface area contributed by atoms with Crippen LogP contribution in [0.3, 0.4) is 0 Å². The van der Waals surface area contributed by atoms with Gasteiger partial charge in [0.15, 0.2) is 0 Å². The van der Waals surface area contributed by atoms with Gasteiger partial charge in [-0.2, -0.15) is 0 Å². The molecule has 1 fully saturated rings. The Morgan fingerprint density at radius 3 is 3.00 bits per heavy atom. The summed E-state index contributed by atoms with van der Waals surface area (Å²) in [5, 5.41) is 17.8. The van der Waals surface area contributed by atoms with Crippen molar-refractivity contribution in [2.45, 2.75) is 12.8 Å². The molecule has 1 aliphatic heterocycles. The summed E-state index contributed by atoms with van der Waals surface area (Å²) >= 11 is 0. The maximum Gasteiger partial charge on any atom is 0.120 e.